The summed E-state index contributed by atoms with van der Waals surface area (Å²) in [6, 6.07) is 21.6. The van der Waals surface area contributed by atoms with Gasteiger partial charge in [0, 0.05) is 10.6 Å². The topological polar surface area (TPSA) is 52.8 Å². The van der Waals surface area contributed by atoms with Gasteiger partial charge in [-0.05, 0) is 59.4 Å². The monoisotopic (exact) mass is 498 g/mol. The molecule has 7 heteroatoms. The summed E-state index contributed by atoms with van der Waals surface area (Å²) in [5.41, 5.74) is 6.26. The number of allylic oxidation sites excluding steroid dienone is 1. The van der Waals surface area contributed by atoms with Crippen LogP contribution in [0.15, 0.2) is 82.1 Å². The van der Waals surface area contributed by atoms with E-state index in [-0.39, 0.29) is 18.4 Å². The summed E-state index contributed by atoms with van der Waals surface area (Å²) in [5, 5.41) is 0.649. The van der Waals surface area contributed by atoms with Gasteiger partial charge in [-0.1, -0.05) is 71.5 Å². The van der Waals surface area contributed by atoms with Crippen molar-refractivity contribution in [2.75, 3.05) is 6.79 Å². The first kappa shape index (κ1) is 20.7. The molecule has 0 radical (unpaired) electrons. The van der Waals surface area contributed by atoms with Crippen molar-refractivity contribution in [2.24, 2.45) is 4.99 Å². The second-order valence-corrected chi connectivity index (χ2v) is 10.2. The number of hydrogen-bond donors (Lipinski definition) is 0. The van der Waals surface area contributed by atoms with Gasteiger partial charge < -0.3 is 9.47 Å². The fraction of sp³-hybridized carbons (Fsp3) is 0.143. The second-order valence-electron chi connectivity index (χ2n) is 8.75. The van der Waals surface area contributed by atoms with Crippen LogP contribution in [-0.4, -0.2) is 11.4 Å². The van der Waals surface area contributed by atoms with Gasteiger partial charge in [0.15, 0.2) is 16.3 Å². The summed E-state index contributed by atoms with van der Waals surface area (Å²) in [6.07, 6.45) is 3.64. The first-order chi connectivity index (χ1) is 17.2. The number of halogens is 1. The molecule has 3 aliphatic rings. The molecule has 0 saturated heterocycles. The van der Waals surface area contributed by atoms with Gasteiger partial charge in [-0.15, -0.1) is 0 Å². The van der Waals surface area contributed by atoms with E-state index in [0.29, 0.717) is 25.9 Å². The molecule has 3 heterocycles. The van der Waals surface area contributed by atoms with Crippen molar-refractivity contribution >= 4 is 34.7 Å². The van der Waals surface area contributed by atoms with Crippen LogP contribution < -0.4 is 24.4 Å². The van der Waals surface area contributed by atoms with E-state index < -0.39 is 0 Å². The molecule has 172 valence electrons. The standard InChI is InChI=1S/C28H19ClN2O3S/c29-21-8-4-3-7-19(21)26-20-11-10-17-5-1-2-6-18(17)25(20)30-28-31(26)27(32)24(35-28)14-16-9-12-22-23(13-16)34-15-33-22/h1-9,12-14,26H,10-11,15H2/b24-14+/t26-/m1/s1. The Morgan fingerprint density at radius 2 is 1.83 bits per heavy atom. The normalized spacial score (nSPS) is 18.1. The summed E-state index contributed by atoms with van der Waals surface area (Å²) >= 11 is 8.10. The molecule has 1 atom stereocenters. The van der Waals surface area contributed by atoms with Crippen molar-refractivity contribution in [3.05, 3.63) is 119 Å². The lowest BCUT2D eigenvalue weighted by Crippen LogP contribution is -2.38. The highest BCUT2D eigenvalue weighted by atomic mass is 35.5. The summed E-state index contributed by atoms with van der Waals surface area (Å²) in [7, 11) is 0. The predicted octanol–water partition coefficient (Wildman–Crippen LogP) is 4.70. The third-order valence-electron chi connectivity index (χ3n) is 6.77. The number of benzene rings is 3. The minimum Gasteiger partial charge on any atom is -0.454 e. The van der Waals surface area contributed by atoms with Crippen LogP contribution >= 0.6 is 22.9 Å². The lowest BCUT2D eigenvalue weighted by molar-refractivity contribution is 0.174. The molecule has 7 rings (SSSR count). The Bertz CT molecular complexity index is 1730. The van der Waals surface area contributed by atoms with E-state index in [1.54, 1.807) is 0 Å². The van der Waals surface area contributed by atoms with Gasteiger partial charge in [0.2, 0.25) is 6.79 Å². The highest BCUT2D eigenvalue weighted by molar-refractivity contribution is 7.07. The molecule has 5 nitrogen and oxygen atoms in total. The highest BCUT2D eigenvalue weighted by Gasteiger charge is 2.33. The Labute approximate surface area is 209 Å². The average molecular weight is 499 g/mol. The minimum absolute atomic E-state index is 0.0678. The van der Waals surface area contributed by atoms with Gasteiger partial charge in [-0.3, -0.25) is 9.36 Å². The molecule has 3 aromatic carbocycles. The van der Waals surface area contributed by atoms with Crippen molar-refractivity contribution in [2.45, 2.75) is 18.9 Å². The van der Waals surface area contributed by atoms with Crippen molar-refractivity contribution < 1.29 is 9.47 Å². The first-order valence-electron chi connectivity index (χ1n) is 11.4. The van der Waals surface area contributed by atoms with E-state index in [0.717, 1.165) is 40.8 Å². The molecule has 1 aromatic heterocycles. The fourth-order valence-corrected chi connectivity index (χ4v) is 6.39. The third kappa shape index (κ3) is 3.28. The van der Waals surface area contributed by atoms with Crippen LogP contribution in [0.5, 0.6) is 11.5 Å². The maximum Gasteiger partial charge on any atom is 0.271 e. The summed E-state index contributed by atoms with van der Waals surface area (Å²) in [5.74, 6) is 1.40. The zero-order valence-corrected chi connectivity index (χ0v) is 20.1. The molecule has 0 bridgehead atoms. The number of ether oxygens (including phenoxy) is 2. The predicted molar refractivity (Wildman–Crippen MR) is 137 cm³/mol. The molecule has 4 aromatic rings. The Hall–Kier alpha value is -3.61. The van der Waals surface area contributed by atoms with Crippen LogP contribution in [-0.2, 0) is 6.42 Å². The number of hydrogen-bond acceptors (Lipinski definition) is 5. The second kappa shape index (κ2) is 7.97. The molecule has 0 unspecified atom stereocenters. The highest BCUT2D eigenvalue weighted by Crippen LogP contribution is 2.42. The maximum atomic E-state index is 13.8. The van der Waals surface area contributed by atoms with Gasteiger partial charge in [0.05, 0.1) is 16.3 Å². The first-order valence-corrected chi connectivity index (χ1v) is 12.6. The number of fused-ring (bicyclic) bond motifs is 4. The number of aryl methyl sites for hydroxylation is 1. The van der Waals surface area contributed by atoms with E-state index in [1.165, 1.54) is 16.9 Å². The van der Waals surface area contributed by atoms with Gasteiger partial charge in [-0.2, -0.15) is 0 Å². The lowest BCUT2D eigenvalue weighted by atomic mass is 9.83. The SMILES string of the molecule is O=c1/c(=C\c2ccc3c(c2)OCO3)sc2n1[C@H](c1ccccc1Cl)C1=C(N=2)c2ccccc2CC1. The number of nitrogens with zero attached hydrogens (tertiary/aromatic N) is 2. The summed E-state index contributed by atoms with van der Waals surface area (Å²) in [6.45, 7) is 0.214. The maximum absolute atomic E-state index is 13.8. The van der Waals surface area contributed by atoms with Crippen LogP contribution in [0.3, 0.4) is 0 Å². The van der Waals surface area contributed by atoms with Gasteiger partial charge in [-0.25, -0.2) is 4.99 Å². The fourth-order valence-electron chi connectivity index (χ4n) is 5.15. The van der Waals surface area contributed by atoms with Crippen molar-refractivity contribution in [1.82, 2.24) is 4.57 Å². The van der Waals surface area contributed by atoms with Crippen LogP contribution in [0.4, 0.5) is 0 Å². The van der Waals surface area contributed by atoms with E-state index in [1.807, 2.05) is 59.2 Å². The molecule has 2 aliphatic heterocycles. The van der Waals surface area contributed by atoms with Gasteiger partial charge >= 0.3 is 0 Å². The molecule has 35 heavy (non-hydrogen) atoms. The molecular weight excluding hydrogens is 480 g/mol. The minimum atomic E-state index is -0.290. The number of thiazole rings is 1. The Morgan fingerprint density at radius 1 is 1.00 bits per heavy atom. The average Bonchev–Trinajstić information content (AvgIpc) is 3.47. The number of aromatic nitrogens is 1. The zero-order chi connectivity index (χ0) is 23.5. The third-order valence-corrected chi connectivity index (χ3v) is 8.09. The van der Waals surface area contributed by atoms with E-state index >= 15 is 0 Å². The zero-order valence-electron chi connectivity index (χ0n) is 18.5. The van der Waals surface area contributed by atoms with E-state index in [2.05, 4.69) is 18.2 Å². The van der Waals surface area contributed by atoms with Crippen LogP contribution in [0.1, 0.15) is 34.7 Å². The van der Waals surface area contributed by atoms with Crippen molar-refractivity contribution in [3.8, 4) is 11.5 Å². The number of rotatable bonds is 2. The van der Waals surface area contributed by atoms with Crippen molar-refractivity contribution in [3.63, 3.8) is 0 Å². The summed E-state index contributed by atoms with van der Waals surface area (Å²) in [4.78, 5) is 19.6. The molecule has 0 fully saturated rings. The summed E-state index contributed by atoms with van der Waals surface area (Å²) < 4.78 is 13.4. The largest absolute Gasteiger partial charge is 0.454 e. The Balaban J connectivity index is 1.48. The van der Waals surface area contributed by atoms with E-state index in [9.17, 15) is 4.79 Å². The van der Waals surface area contributed by atoms with Crippen LogP contribution in [0, 0.1) is 0 Å². The van der Waals surface area contributed by atoms with E-state index in [4.69, 9.17) is 26.1 Å². The Morgan fingerprint density at radius 3 is 2.74 bits per heavy atom. The van der Waals surface area contributed by atoms with Crippen LogP contribution in [0.25, 0.3) is 11.8 Å². The molecule has 0 spiro atoms. The van der Waals surface area contributed by atoms with Crippen molar-refractivity contribution in [1.29, 1.82) is 0 Å². The quantitative estimate of drug-likeness (QED) is 0.402. The molecule has 0 N–H and O–H groups in total. The molecule has 0 amide bonds. The Kier molecular flexibility index (Phi) is 4.72. The molecule has 1 aliphatic carbocycles. The van der Waals surface area contributed by atoms with Crippen LogP contribution in [0.2, 0.25) is 5.02 Å². The van der Waals surface area contributed by atoms with Gasteiger partial charge in [0.25, 0.3) is 5.56 Å². The smallest absolute Gasteiger partial charge is 0.271 e. The van der Waals surface area contributed by atoms with Gasteiger partial charge in [0.1, 0.15) is 0 Å². The molecule has 0 saturated carbocycles. The molecular formula is C28H19ClN2O3S. The lowest BCUT2D eigenvalue weighted by Gasteiger charge is -2.31.